The van der Waals surface area contributed by atoms with Crippen LogP contribution in [0.4, 0.5) is 5.88 Å². The Morgan fingerprint density at radius 3 is 2.33 bits per heavy atom. The molecule has 0 bridgehead atoms. The molecule has 0 saturated heterocycles. The smallest absolute Gasteiger partial charge is 0.232 e. The standard InChI is InChI=1S/C27H35N3O3/c1-3-30(4-2)27-25(26(28-33-27)22-11-7-5-8-12-22)19-29(17-21-15-16-21)18-23(31)20-32-24-13-9-6-10-14-24/h5-14,21,23,31H,3-4,15-20H2,1-2H3/t23-/m0/s1. The van der Waals surface area contributed by atoms with Gasteiger partial charge in [0.2, 0.25) is 5.88 Å². The summed E-state index contributed by atoms with van der Waals surface area (Å²) < 4.78 is 11.7. The lowest BCUT2D eigenvalue weighted by molar-refractivity contribution is 0.0639. The fourth-order valence-corrected chi connectivity index (χ4v) is 4.18. The molecule has 33 heavy (non-hydrogen) atoms. The molecule has 1 atom stereocenters. The Kier molecular flexibility index (Phi) is 8.02. The molecule has 6 heteroatoms. The summed E-state index contributed by atoms with van der Waals surface area (Å²) >= 11 is 0. The third-order valence-electron chi connectivity index (χ3n) is 6.11. The predicted molar refractivity (Wildman–Crippen MR) is 131 cm³/mol. The first-order chi connectivity index (χ1) is 16.2. The minimum Gasteiger partial charge on any atom is -0.491 e. The van der Waals surface area contributed by atoms with E-state index in [0.29, 0.717) is 19.0 Å². The minimum atomic E-state index is -0.583. The first-order valence-electron chi connectivity index (χ1n) is 12.0. The van der Waals surface area contributed by atoms with E-state index in [0.717, 1.165) is 48.1 Å². The van der Waals surface area contributed by atoms with Gasteiger partial charge in [0.1, 0.15) is 24.2 Å². The van der Waals surface area contributed by atoms with E-state index >= 15 is 0 Å². The summed E-state index contributed by atoms with van der Waals surface area (Å²) in [5, 5.41) is 15.3. The number of aliphatic hydroxyl groups is 1. The molecular weight excluding hydrogens is 414 g/mol. The van der Waals surface area contributed by atoms with Crippen LogP contribution in [0.2, 0.25) is 0 Å². The van der Waals surface area contributed by atoms with E-state index in [4.69, 9.17) is 9.26 Å². The summed E-state index contributed by atoms with van der Waals surface area (Å²) in [5.41, 5.74) is 3.02. The molecule has 0 spiro atoms. The number of para-hydroxylation sites is 1. The molecule has 1 saturated carbocycles. The van der Waals surface area contributed by atoms with Gasteiger partial charge in [0.15, 0.2) is 0 Å². The second-order valence-corrected chi connectivity index (χ2v) is 8.77. The average Bonchev–Trinajstić information content (AvgIpc) is 3.58. The first-order valence-corrected chi connectivity index (χ1v) is 12.0. The van der Waals surface area contributed by atoms with Crippen LogP contribution in [0.15, 0.2) is 65.2 Å². The number of rotatable bonds is 13. The van der Waals surface area contributed by atoms with Gasteiger partial charge in [-0.3, -0.25) is 4.90 Å². The van der Waals surface area contributed by atoms with E-state index in [1.807, 2.05) is 48.5 Å². The molecule has 1 aliphatic rings. The van der Waals surface area contributed by atoms with Crippen molar-refractivity contribution in [3.63, 3.8) is 0 Å². The van der Waals surface area contributed by atoms with Crippen molar-refractivity contribution in [2.24, 2.45) is 5.92 Å². The van der Waals surface area contributed by atoms with Gasteiger partial charge in [-0.2, -0.15) is 0 Å². The molecule has 0 unspecified atom stereocenters. The van der Waals surface area contributed by atoms with E-state index < -0.39 is 6.10 Å². The maximum absolute atomic E-state index is 10.8. The fourth-order valence-electron chi connectivity index (χ4n) is 4.18. The topological polar surface area (TPSA) is 62.0 Å². The van der Waals surface area contributed by atoms with Crippen LogP contribution in [0.1, 0.15) is 32.3 Å². The largest absolute Gasteiger partial charge is 0.491 e. The molecule has 1 fully saturated rings. The Labute approximate surface area is 196 Å². The third kappa shape index (κ3) is 6.36. The summed E-state index contributed by atoms with van der Waals surface area (Å²) in [7, 11) is 0. The van der Waals surface area contributed by atoms with Crippen LogP contribution in [0.3, 0.4) is 0 Å². The Balaban J connectivity index is 1.53. The van der Waals surface area contributed by atoms with Crippen molar-refractivity contribution in [1.29, 1.82) is 0 Å². The molecule has 6 nitrogen and oxygen atoms in total. The summed E-state index contributed by atoms with van der Waals surface area (Å²) in [5.74, 6) is 2.30. The summed E-state index contributed by atoms with van der Waals surface area (Å²) in [6.45, 7) is 8.41. The van der Waals surface area contributed by atoms with Gasteiger partial charge in [-0.15, -0.1) is 0 Å². The van der Waals surface area contributed by atoms with Crippen LogP contribution in [0.25, 0.3) is 11.3 Å². The van der Waals surface area contributed by atoms with Crippen LogP contribution in [-0.2, 0) is 6.54 Å². The number of anilines is 1. The van der Waals surface area contributed by atoms with E-state index in [1.54, 1.807) is 0 Å². The second-order valence-electron chi connectivity index (χ2n) is 8.77. The van der Waals surface area contributed by atoms with Gasteiger partial charge in [0.25, 0.3) is 0 Å². The van der Waals surface area contributed by atoms with Gasteiger partial charge in [-0.05, 0) is 44.7 Å². The van der Waals surface area contributed by atoms with Crippen molar-refractivity contribution in [3.05, 3.63) is 66.2 Å². The maximum Gasteiger partial charge on any atom is 0.232 e. The summed E-state index contributed by atoms with van der Waals surface area (Å²) in [6, 6.07) is 19.9. The van der Waals surface area contributed by atoms with Gasteiger partial charge in [0, 0.05) is 38.3 Å². The predicted octanol–water partition coefficient (Wildman–Crippen LogP) is 4.84. The van der Waals surface area contributed by atoms with Crippen molar-refractivity contribution in [2.75, 3.05) is 37.7 Å². The highest BCUT2D eigenvalue weighted by molar-refractivity contribution is 5.68. The monoisotopic (exact) mass is 449 g/mol. The number of aromatic nitrogens is 1. The maximum atomic E-state index is 10.8. The molecular formula is C27H35N3O3. The minimum absolute atomic E-state index is 0.267. The SMILES string of the molecule is CCN(CC)c1onc(-c2ccccc2)c1CN(CC1CC1)C[C@H](O)COc1ccccc1. The Morgan fingerprint density at radius 2 is 1.70 bits per heavy atom. The van der Waals surface area contributed by atoms with E-state index in [-0.39, 0.29) is 6.61 Å². The van der Waals surface area contributed by atoms with Crippen LogP contribution in [-0.4, -0.2) is 54.1 Å². The zero-order valence-electron chi connectivity index (χ0n) is 19.7. The molecule has 3 aromatic rings. The summed E-state index contributed by atoms with van der Waals surface area (Å²) in [6.07, 6.45) is 1.93. The number of hydrogen-bond donors (Lipinski definition) is 1. The molecule has 0 radical (unpaired) electrons. The quantitative estimate of drug-likeness (QED) is 0.403. The molecule has 1 aliphatic carbocycles. The van der Waals surface area contributed by atoms with E-state index in [2.05, 4.69) is 40.9 Å². The molecule has 1 aromatic heterocycles. The fraction of sp³-hybridized carbons (Fsp3) is 0.444. The number of ether oxygens (including phenoxy) is 1. The van der Waals surface area contributed by atoms with Crippen molar-refractivity contribution in [1.82, 2.24) is 10.1 Å². The molecule has 0 aliphatic heterocycles. The average molecular weight is 450 g/mol. The van der Waals surface area contributed by atoms with Gasteiger partial charge < -0.3 is 19.3 Å². The highest BCUT2D eigenvalue weighted by Crippen LogP contribution is 2.35. The van der Waals surface area contributed by atoms with Crippen LogP contribution < -0.4 is 9.64 Å². The highest BCUT2D eigenvalue weighted by atomic mass is 16.5. The zero-order chi connectivity index (χ0) is 23.0. The molecule has 1 N–H and O–H groups in total. The Bertz CT molecular complexity index is 969. The number of benzene rings is 2. The van der Waals surface area contributed by atoms with Crippen LogP contribution in [0.5, 0.6) is 5.75 Å². The highest BCUT2D eigenvalue weighted by Gasteiger charge is 2.29. The number of nitrogens with zero attached hydrogens (tertiary/aromatic N) is 3. The third-order valence-corrected chi connectivity index (χ3v) is 6.11. The lowest BCUT2D eigenvalue weighted by Crippen LogP contribution is -2.37. The molecule has 2 aromatic carbocycles. The number of aliphatic hydroxyl groups excluding tert-OH is 1. The van der Waals surface area contributed by atoms with Crippen LogP contribution >= 0.6 is 0 Å². The van der Waals surface area contributed by atoms with E-state index in [9.17, 15) is 5.11 Å². The molecule has 176 valence electrons. The van der Waals surface area contributed by atoms with Crippen molar-refractivity contribution >= 4 is 5.88 Å². The van der Waals surface area contributed by atoms with Gasteiger partial charge in [-0.1, -0.05) is 53.7 Å². The Hall–Kier alpha value is -2.83. The van der Waals surface area contributed by atoms with Gasteiger partial charge >= 0.3 is 0 Å². The molecule has 1 heterocycles. The van der Waals surface area contributed by atoms with E-state index in [1.165, 1.54) is 12.8 Å². The molecule has 0 amide bonds. The first kappa shape index (κ1) is 23.3. The van der Waals surface area contributed by atoms with Crippen molar-refractivity contribution in [3.8, 4) is 17.0 Å². The molecule has 4 rings (SSSR count). The lowest BCUT2D eigenvalue weighted by atomic mass is 10.1. The lowest BCUT2D eigenvalue weighted by Gasteiger charge is -2.26. The zero-order valence-corrected chi connectivity index (χ0v) is 19.7. The van der Waals surface area contributed by atoms with Crippen molar-refractivity contribution < 1.29 is 14.4 Å². The van der Waals surface area contributed by atoms with Gasteiger partial charge in [0.05, 0.1) is 5.56 Å². The second kappa shape index (κ2) is 11.3. The van der Waals surface area contributed by atoms with Gasteiger partial charge in [-0.25, -0.2) is 0 Å². The van der Waals surface area contributed by atoms with Crippen molar-refractivity contribution in [2.45, 2.75) is 39.3 Å². The summed E-state index contributed by atoms with van der Waals surface area (Å²) in [4.78, 5) is 4.54. The number of hydrogen-bond acceptors (Lipinski definition) is 6. The van der Waals surface area contributed by atoms with Crippen LogP contribution in [0, 0.1) is 5.92 Å². The normalized spacial score (nSPS) is 14.4. The Morgan fingerprint density at radius 1 is 1.03 bits per heavy atom.